The highest BCUT2D eigenvalue weighted by Crippen LogP contribution is 2.15. The summed E-state index contributed by atoms with van der Waals surface area (Å²) in [5.41, 5.74) is 0.593. The molecule has 0 saturated heterocycles. The van der Waals surface area contributed by atoms with Crippen LogP contribution in [0.25, 0.3) is 0 Å². The minimum atomic E-state index is -0.0830. The monoisotopic (exact) mass is 233 g/mol. The first-order chi connectivity index (χ1) is 7.98. The summed E-state index contributed by atoms with van der Waals surface area (Å²) in [7, 11) is 0. The van der Waals surface area contributed by atoms with E-state index < -0.39 is 0 Å². The molecule has 0 aliphatic carbocycles. The second-order valence-corrected chi connectivity index (χ2v) is 5.36. The summed E-state index contributed by atoms with van der Waals surface area (Å²) in [6, 6.07) is 0. The SMILES string of the molecule is CC(C)(C)n1cc(C(=O)N2CC=CCC2)cn1. The van der Waals surface area contributed by atoms with Crippen LogP contribution in [0.5, 0.6) is 0 Å². The fraction of sp³-hybridized carbons (Fsp3) is 0.538. The van der Waals surface area contributed by atoms with Gasteiger partial charge >= 0.3 is 0 Å². The topological polar surface area (TPSA) is 38.1 Å². The second kappa shape index (κ2) is 4.35. The predicted molar refractivity (Wildman–Crippen MR) is 66.9 cm³/mol. The van der Waals surface area contributed by atoms with Crippen LogP contribution >= 0.6 is 0 Å². The number of aromatic nitrogens is 2. The summed E-state index contributed by atoms with van der Waals surface area (Å²) in [5, 5.41) is 4.25. The van der Waals surface area contributed by atoms with E-state index in [1.54, 1.807) is 6.20 Å². The minimum Gasteiger partial charge on any atom is -0.335 e. The zero-order valence-electron chi connectivity index (χ0n) is 10.7. The van der Waals surface area contributed by atoms with E-state index in [0.29, 0.717) is 12.1 Å². The maximum atomic E-state index is 12.2. The molecule has 0 fully saturated rings. The van der Waals surface area contributed by atoms with Gasteiger partial charge in [-0.1, -0.05) is 12.2 Å². The third-order valence-corrected chi connectivity index (χ3v) is 2.86. The fourth-order valence-electron chi connectivity index (χ4n) is 1.81. The molecule has 17 heavy (non-hydrogen) atoms. The molecule has 0 atom stereocenters. The maximum absolute atomic E-state index is 12.2. The molecule has 0 spiro atoms. The lowest BCUT2D eigenvalue weighted by atomic mass is 10.1. The summed E-state index contributed by atoms with van der Waals surface area (Å²) in [6.07, 6.45) is 8.59. The van der Waals surface area contributed by atoms with Gasteiger partial charge in [-0.25, -0.2) is 0 Å². The number of amides is 1. The Morgan fingerprint density at radius 3 is 2.65 bits per heavy atom. The molecule has 0 N–H and O–H groups in total. The Labute approximate surface area is 102 Å². The molecule has 1 aliphatic heterocycles. The zero-order valence-corrected chi connectivity index (χ0v) is 10.7. The van der Waals surface area contributed by atoms with Gasteiger partial charge in [-0.2, -0.15) is 5.10 Å². The average Bonchev–Trinajstić information content (AvgIpc) is 2.78. The van der Waals surface area contributed by atoms with E-state index in [1.807, 2.05) is 21.9 Å². The Morgan fingerprint density at radius 2 is 2.12 bits per heavy atom. The van der Waals surface area contributed by atoms with E-state index in [9.17, 15) is 4.79 Å². The smallest absolute Gasteiger partial charge is 0.257 e. The van der Waals surface area contributed by atoms with E-state index >= 15 is 0 Å². The largest absolute Gasteiger partial charge is 0.335 e. The van der Waals surface area contributed by atoms with Crippen molar-refractivity contribution in [3.05, 3.63) is 30.1 Å². The first kappa shape index (κ1) is 11.9. The average molecular weight is 233 g/mol. The minimum absolute atomic E-state index is 0.0739. The molecule has 0 unspecified atom stereocenters. The molecular formula is C13H19N3O. The van der Waals surface area contributed by atoms with Crippen LogP contribution in [0.3, 0.4) is 0 Å². The van der Waals surface area contributed by atoms with Crippen LogP contribution < -0.4 is 0 Å². The number of carbonyl (C=O) groups is 1. The van der Waals surface area contributed by atoms with Crippen molar-refractivity contribution in [2.45, 2.75) is 32.7 Å². The molecule has 2 heterocycles. The van der Waals surface area contributed by atoms with Crippen molar-refractivity contribution in [1.82, 2.24) is 14.7 Å². The van der Waals surface area contributed by atoms with Crippen LogP contribution in [0.1, 0.15) is 37.6 Å². The van der Waals surface area contributed by atoms with Crippen LogP contribution in [0.15, 0.2) is 24.5 Å². The Hall–Kier alpha value is -1.58. The molecule has 2 rings (SSSR count). The number of carbonyl (C=O) groups excluding carboxylic acids is 1. The lowest BCUT2D eigenvalue weighted by Crippen LogP contribution is -2.33. The normalized spacial score (nSPS) is 16.3. The quantitative estimate of drug-likeness (QED) is 0.696. The Bertz CT molecular complexity index is 440. The summed E-state index contributed by atoms with van der Waals surface area (Å²) >= 11 is 0. The number of nitrogens with zero attached hydrogens (tertiary/aromatic N) is 3. The van der Waals surface area contributed by atoms with Gasteiger partial charge in [0.2, 0.25) is 0 Å². The van der Waals surface area contributed by atoms with Crippen LogP contribution in [0.4, 0.5) is 0 Å². The fourth-order valence-corrected chi connectivity index (χ4v) is 1.81. The first-order valence-corrected chi connectivity index (χ1v) is 5.98. The van der Waals surface area contributed by atoms with E-state index in [2.05, 4.69) is 31.9 Å². The van der Waals surface area contributed by atoms with Gasteiger partial charge < -0.3 is 4.90 Å². The maximum Gasteiger partial charge on any atom is 0.257 e. The molecule has 4 heteroatoms. The molecule has 0 saturated carbocycles. The molecule has 0 aromatic carbocycles. The highest BCUT2D eigenvalue weighted by Gasteiger charge is 2.20. The second-order valence-electron chi connectivity index (χ2n) is 5.36. The Kier molecular flexibility index (Phi) is 3.05. The van der Waals surface area contributed by atoms with Crippen molar-refractivity contribution >= 4 is 5.91 Å². The van der Waals surface area contributed by atoms with E-state index in [4.69, 9.17) is 0 Å². The molecular weight excluding hydrogens is 214 g/mol. The summed E-state index contributed by atoms with van der Waals surface area (Å²) in [5.74, 6) is 0.0739. The summed E-state index contributed by atoms with van der Waals surface area (Å²) in [6.45, 7) is 7.71. The van der Waals surface area contributed by atoms with Gasteiger partial charge in [0, 0.05) is 19.3 Å². The van der Waals surface area contributed by atoms with E-state index in [-0.39, 0.29) is 11.4 Å². The highest BCUT2D eigenvalue weighted by atomic mass is 16.2. The highest BCUT2D eigenvalue weighted by molar-refractivity contribution is 5.93. The van der Waals surface area contributed by atoms with Crippen molar-refractivity contribution in [3.63, 3.8) is 0 Å². The van der Waals surface area contributed by atoms with Crippen molar-refractivity contribution in [3.8, 4) is 0 Å². The van der Waals surface area contributed by atoms with Gasteiger partial charge in [0.15, 0.2) is 0 Å². The predicted octanol–water partition coefficient (Wildman–Crippen LogP) is 2.04. The standard InChI is InChI=1S/C13H19N3O/c1-13(2,3)16-10-11(9-14-16)12(17)15-7-5-4-6-8-15/h4-5,9-10H,6-8H2,1-3H3. The van der Waals surface area contributed by atoms with Crippen LogP contribution in [0, 0.1) is 0 Å². The molecule has 1 aromatic heterocycles. The van der Waals surface area contributed by atoms with Crippen LogP contribution in [-0.2, 0) is 5.54 Å². The van der Waals surface area contributed by atoms with Gasteiger partial charge in [0.05, 0.1) is 17.3 Å². The third kappa shape index (κ3) is 2.57. The van der Waals surface area contributed by atoms with Crippen molar-refractivity contribution < 1.29 is 4.79 Å². The van der Waals surface area contributed by atoms with Gasteiger partial charge in [-0.15, -0.1) is 0 Å². The van der Waals surface area contributed by atoms with Gasteiger partial charge in [0.25, 0.3) is 5.91 Å². The van der Waals surface area contributed by atoms with E-state index in [1.165, 1.54) is 0 Å². The molecule has 4 nitrogen and oxygen atoms in total. The Balaban J connectivity index is 2.14. The third-order valence-electron chi connectivity index (χ3n) is 2.86. The lowest BCUT2D eigenvalue weighted by Gasteiger charge is -2.23. The molecule has 1 aromatic rings. The Morgan fingerprint density at radius 1 is 1.35 bits per heavy atom. The van der Waals surface area contributed by atoms with Gasteiger partial charge in [0.1, 0.15) is 0 Å². The summed E-state index contributed by atoms with van der Waals surface area (Å²) < 4.78 is 1.83. The molecule has 92 valence electrons. The van der Waals surface area contributed by atoms with Crippen molar-refractivity contribution in [2.75, 3.05) is 13.1 Å². The van der Waals surface area contributed by atoms with Crippen molar-refractivity contribution in [2.24, 2.45) is 0 Å². The molecule has 0 bridgehead atoms. The number of rotatable bonds is 1. The van der Waals surface area contributed by atoms with Gasteiger partial charge in [-0.05, 0) is 27.2 Å². The number of hydrogen-bond acceptors (Lipinski definition) is 2. The molecule has 1 aliphatic rings. The van der Waals surface area contributed by atoms with E-state index in [0.717, 1.165) is 13.0 Å². The molecule has 1 amide bonds. The summed E-state index contributed by atoms with van der Waals surface area (Å²) in [4.78, 5) is 14.0. The lowest BCUT2D eigenvalue weighted by molar-refractivity contribution is 0.0771. The van der Waals surface area contributed by atoms with Crippen LogP contribution in [-0.4, -0.2) is 33.7 Å². The van der Waals surface area contributed by atoms with Crippen molar-refractivity contribution in [1.29, 1.82) is 0 Å². The number of hydrogen-bond donors (Lipinski definition) is 0. The zero-order chi connectivity index (χ0) is 12.5. The molecule has 0 radical (unpaired) electrons. The van der Waals surface area contributed by atoms with Crippen LogP contribution in [0.2, 0.25) is 0 Å². The van der Waals surface area contributed by atoms with Gasteiger partial charge in [-0.3, -0.25) is 9.48 Å². The first-order valence-electron chi connectivity index (χ1n) is 5.98.